The Balaban J connectivity index is 1.41. The zero-order chi connectivity index (χ0) is 22.1. The van der Waals surface area contributed by atoms with Crippen molar-refractivity contribution < 1.29 is 9.18 Å². The summed E-state index contributed by atoms with van der Waals surface area (Å²) in [6, 6.07) is 16.7. The highest BCUT2D eigenvalue weighted by Gasteiger charge is 2.31. The maximum atomic E-state index is 14.4. The van der Waals surface area contributed by atoms with Crippen LogP contribution in [0.25, 0.3) is 22.3 Å². The van der Waals surface area contributed by atoms with E-state index in [0.717, 1.165) is 23.7 Å². The molecule has 2 aromatic carbocycles. The molecule has 4 aromatic rings. The quantitative estimate of drug-likeness (QED) is 0.273. The van der Waals surface area contributed by atoms with Crippen molar-refractivity contribution in [2.24, 2.45) is 0 Å². The van der Waals surface area contributed by atoms with Crippen molar-refractivity contribution in [3.05, 3.63) is 66.1 Å². The molecule has 0 unspecified atom stereocenters. The number of benzene rings is 2. The molecule has 0 aliphatic heterocycles. The fraction of sp³-hybridized carbons (Fsp3) is 0.250. The van der Waals surface area contributed by atoms with E-state index in [9.17, 15) is 9.18 Å². The minimum Gasteiger partial charge on any atom is -0.346 e. The number of halogens is 1. The lowest BCUT2D eigenvalue weighted by Crippen LogP contribution is -2.05. The second-order valence-electron chi connectivity index (χ2n) is 7.76. The summed E-state index contributed by atoms with van der Waals surface area (Å²) in [5.74, 6) is 0.363. The van der Waals surface area contributed by atoms with Crippen LogP contribution < -0.4 is 0 Å². The highest BCUT2D eigenvalue weighted by Crippen LogP contribution is 2.41. The molecule has 0 saturated heterocycles. The molecule has 0 N–H and O–H groups in total. The largest absolute Gasteiger partial charge is 0.346 e. The number of fused-ring (bicyclic) bond motifs is 1. The van der Waals surface area contributed by atoms with E-state index in [4.69, 9.17) is 5.26 Å². The zero-order valence-electron chi connectivity index (χ0n) is 17.2. The maximum absolute atomic E-state index is 14.4. The standard InChI is InChI=1S/C24H20FN5OS/c25-20-8-3-1-7-18(20)23-27-28-24(30(23)16-10-11-16)32-15-22(31)19-14-29(13-5-12-26)21-9-4-2-6-17(19)21/h1-4,6-9,14,16H,5,10-11,13,15H2. The summed E-state index contributed by atoms with van der Waals surface area (Å²) < 4.78 is 18.3. The molecule has 1 fully saturated rings. The van der Waals surface area contributed by atoms with Crippen LogP contribution in [0.1, 0.15) is 35.7 Å². The minimum absolute atomic E-state index is 0.0142. The first-order valence-corrected chi connectivity index (χ1v) is 11.5. The predicted octanol–water partition coefficient (Wildman–Crippen LogP) is 5.26. The van der Waals surface area contributed by atoms with Crippen LogP contribution >= 0.6 is 11.8 Å². The molecule has 0 radical (unpaired) electrons. The van der Waals surface area contributed by atoms with Crippen LogP contribution in [0.4, 0.5) is 4.39 Å². The third kappa shape index (κ3) is 3.80. The highest BCUT2D eigenvalue weighted by atomic mass is 32.2. The van der Waals surface area contributed by atoms with Crippen LogP contribution in [0.5, 0.6) is 0 Å². The van der Waals surface area contributed by atoms with E-state index in [0.29, 0.717) is 35.1 Å². The molecule has 2 aromatic heterocycles. The van der Waals surface area contributed by atoms with Gasteiger partial charge in [-0.3, -0.25) is 9.36 Å². The van der Waals surface area contributed by atoms with Gasteiger partial charge in [0.1, 0.15) is 5.82 Å². The average Bonchev–Trinajstić information content (AvgIpc) is 3.46. The van der Waals surface area contributed by atoms with E-state index in [2.05, 4.69) is 16.3 Å². The van der Waals surface area contributed by atoms with Gasteiger partial charge in [0.2, 0.25) is 0 Å². The first-order chi connectivity index (χ1) is 15.7. The van der Waals surface area contributed by atoms with E-state index in [1.807, 2.05) is 39.6 Å². The maximum Gasteiger partial charge on any atom is 0.192 e. The monoisotopic (exact) mass is 445 g/mol. The number of para-hydroxylation sites is 1. The molecule has 2 heterocycles. The van der Waals surface area contributed by atoms with Crippen molar-refractivity contribution in [1.82, 2.24) is 19.3 Å². The van der Waals surface area contributed by atoms with Crippen LogP contribution in [0.3, 0.4) is 0 Å². The van der Waals surface area contributed by atoms with Gasteiger partial charge in [-0.25, -0.2) is 4.39 Å². The molecule has 1 aliphatic carbocycles. The van der Waals surface area contributed by atoms with Crippen molar-refractivity contribution in [3.8, 4) is 17.5 Å². The number of thioether (sulfide) groups is 1. The highest BCUT2D eigenvalue weighted by molar-refractivity contribution is 7.99. The number of Topliss-reactive ketones (excluding diaryl/α,β-unsaturated/α-hetero) is 1. The van der Waals surface area contributed by atoms with Crippen LogP contribution in [0.15, 0.2) is 59.9 Å². The summed E-state index contributed by atoms with van der Waals surface area (Å²) >= 11 is 1.33. The Morgan fingerprint density at radius 1 is 1.16 bits per heavy atom. The Morgan fingerprint density at radius 2 is 1.94 bits per heavy atom. The van der Waals surface area contributed by atoms with Crippen LogP contribution in [-0.4, -0.2) is 30.9 Å². The Kier molecular flexibility index (Phi) is 5.50. The summed E-state index contributed by atoms with van der Waals surface area (Å²) in [6.45, 7) is 0.541. The van der Waals surface area contributed by atoms with Crippen molar-refractivity contribution in [2.75, 3.05) is 5.75 Å². The van der Waals surface area contributed by atoms with Crippen LogP contribution in [-0.2, 0) is 6.54 Å². The van der Waals surface area contributed by atoms with Gasteiger partial charge >= 0.3 is 0 Å². The van der Waals surface area contributed by atoms with Crippen molar-refractivity contribution >= 4 is 28.4 Å². The molecule has 8 heteroatoms. The number of carbonyl (C=O) groups excluding carboxylic acids is 1. The van der Waals surface area contributed by atoms with Crippen molar-refractivity contribution in [1.29, 1.82) is 5.26 Å². The number of nitriles is 1. The van der Waals surface area contributed by atoms with E-state index >= 15 is 0 Å². The summed E-state index contributed by atoms with van der Waals surface area (Å²) in [5, 5.41) is 19.0. The van der Waals surface area contributed by atoms with E-state index in [1.165, 1.54) is 17.8 Å². The molecule has 1 aliphatic rings. The topological polar surface area (TPSA) is 76.5 Å². The lowest BCUT2D eigenvalue weighted by molar-refractivity contribution is 0.102. The molecule has 6 nitrogen and oxygen atoms in total. The molecule has 0 spiro atoms. The Morgan fingerprint density at radius 3 is 2.72 bits per heavy atom. The smallest absolute Gasteiger partial charge is 0.192 e. The summed E-state index contributed by atoms with van der Waals surface area (Å²) in [4.78, 5) is 13.1. The van der Waals surface area contributed by atoms with Gasteiger partial charge in [-0.05, 0) is 31.0 Å². The first-order valence-electron chi connectivity index (χ1n) is 10.5. The molecular formula is C24H20FN5OS. The average molecular weight is 446 g/mol. The fourth-order valence-electron chi connectivity index (χ4n) is 3.90. The summed E-state index contributed by atoms with van der Waals surface area (Å²) in [6.07, 6.45) is 4.20. The summed E-state index contributed by atoms with van der Waals surface area (Å²) in [7, 11) is 0. The number of ketones is 1. The number of rotatable bonds is 8. The number of nitrogens with zero attached hydrogens (tertiary/aromatic N) is 5. The lowest BCUT2D eigenvalue weighted by atomic mass is 10.1. The molecule has 0 bridgehead atoms. The molecule has 5 rings (SSSR count). The van der Waals surface area contributed by atoms with E-state index in [-0.39, 0.29) is 23.4 Å². The Bertz CT molecular complexity index is 1350. The fourth-order valence-corrected chi connectivity index (χ4v) is 4.78. The summed E-state index contributed by atoms with van der Waals surface area (Å²) in [5.41, 5.74) is 2.00. The number of hydrogen-bond acceptors (Lipinski definition) is 5. The van der Waals surface area contributed by atoms with Gasteiger partial charge in [0.25, 0.3) is 0 Å². The van der Waals surface area contributed by atoms with E-state index in [1.54, 1.807) is 18.2 Å². The molecule has 1 saturated carbocycles. The van der Waals surface area contributed by atoms with Gasteiger partial charge in [-0.15, -0.1) is 10.2 Å². The van der Waals surface area contributed by atoms with Gasteiger partial charge in [0, 0.05) is 35.2 Å². The van der Waals surface area contributed by atoms with E-state index < -0.39 is 0 Å². The zero-order valence-corrected chi connectivity index (χ0v) is 18.1. The van der Waals surface area contributed by atoms with Gasteiger partial charge in [0.15, 0.2) is 16.8 Å². The SMILES string of the molecule is N#CCCn1cc(C(=O)CSc2nnc(-c3ccccc3F)n2C2CC2)c2ccccc21. The van der Waals surface area contributed by atoms with Gasteiger partial charge in [-0.1, -0.05) is 42.1 Å². The van der Waals surface area contributed by atoms with Gasteiger partial charge < -0.3 is 4.57 Å². The Hall–Kier alpha value is -3.44. The minimum atomic E-state index is -0.334. The molecular weight excluding hydrogens is 425 g/mol. The molecule has 0 amide bonds. The van der Waals surface area contributed by atoms with Gasteiger partial charge in [0.05, 0.1) is 23.8 Å². The Labute approximate surface area is 188 Å². The third-order valence-electron chi connectivity index (χ3n) is 5.58. The lowest BCUT2D eigenvalue weighted by Gasteiger charge is -2.09. The second kappa shape index (κ2) is 8.60. The van der Waals surface area contributed by atoms with Gasteiger partial charge in [-0.2, -0.15) is 5.26 Å². The second-order valence-corrected chi connectivity index (χ2v) is 8.70. The number of hydrogen-bond donors (Lipinski definition) is 0. The van der Waals surface area contributed by atoms with Crippen LogP contribution in [0.2, 0.25) is 0 Å². The predicted molar refractivity (Wildman–Crippen MR) is 121 cm³/mol. The third-order valence-corrected chi connectivity index (χ3v) is 6.52. The van der Waals surface area contributed by atoms with Crippen LogP contribution in [0, 0.1) is 17.1 Å². The molecule has 160 valence electrons. The normalized spacial score (nSPS) is 13.4. The first kappa shape index (κ1) is 20.5. The number of aromatic nitrogens is 4. The number of carbonyl (C=O) groups is 1. The molecule has 32 heavy (non-hydrogen) atoms. The number of aryl methyl sites for hydroxylation is 1. The molecule has 0 atom stereocenters. The van der Waals surface area contributed by atoms with Crippen molar-refractivity contribution in [2.45, 2.75) is 37.0 Å². The van der Waals surface area contributed by atoms with Crippen molar-refractivity contribution in [3.63, 3.8) is 0 Å².